The minimum atomic E-state index is 0.0138. The summed E-state index contributed by atoms with van der Waals surface area (Å²) in [6, 6.07) is 12.2. The van der Waals surface area contributed by atoms with Gasteiger partial charge in [0.25, 0.3) is 0 Å². The Bertz CT molecular complexity index is 419. The average Bonchev–Trinajstić information content (AvgIpc) is 2.66. The Balaban J connectivity index is 2.11. The molecule has 3 heteroatoms. The predicted molar refractivity (Wildman–Crippen MR) is 60.3 cm³/mol. The second kappa shape index (κ2) is 4.28. The van der Waals surface area contributed by atoms with Crippen LogP contribution in [0.1, 0.15) is 17.3 Å². The maximum absolute atomic E-state index is 6.11. The van der Waals surface area contributed by atoms with E-state index in [0.29, 0.717) is 0 Å². The normalized spacial score (nSPS) is 12.7. The number of rotatable bonds is 3. The van der Waals surface area contributed by atoms with Crippen LogP contribution in [0.25, 0.3) is 0 Å². The van der Waals surface area contributed by atoms with Crippen molar-refractivity contribution in [3.63, 3.8) is 0 Å². The predicted octanol–water partition coefficient (Wildman–Crippen LogP) is 1.66. The Labute approximate surface area is 89.5 Å². The van der Waals surface area contributed by atoms with Crippen molar-refractivity contribution in [3.05, 3.63) is 53.9 Å². The van der Waals surface area contributed by atoms with Crippen molar-refractivity contribution < 1.29 is 0 Å². The molecular formula is C12H15N3. The summed E-state index contributed by atoms with van der Waals surface area (Å²) in [5.41, 5.74) is 8.44. The summed E-state index contributed by atoms with van der Waals surface area (Å²) in [5.74, 6) is 0. The van der Waals surface area contributed by atoms with Crippen molar-refractivity contribution in [1.29, 1.82) is 0 Å². The van der Waals surface area contributed by atoms with E-state index in [-0.39, 0.29) is 6.04 Å². The first-order valence-electron chi connectivity index (χ1n) is 5.05. The largest absolute Gasteiger partial charge is 0.322 e. The molecule has 0 aliphatic carbocycles. The van der Waals surface area contributed by atoms with Gasteiger partial charge in [0.05, 0.1) is 11.7 Å². The third kappa shape index (κ3) is 2.25. The van der Waals surface area contributed by atoms with Crippen LogP contribution in [-0.4, -0.2) is 9.78 Å². The van der Waals surface area contributed by atoms with Gasteiger partial charge < -0.3 is 5.73 Å². The minimum Gasteiger partial charge on any atom is -0.322 e. The molecule has 0 spiro atoms. The average molecular weight is 201 g/mol. The van der Waals surface area contributed by atoms with Gasteiger partial charge in [-0.05, 0) is 18.1 Å². The second-order valence-electron chi connectivity index (χ2n) is 3.68. The first kappa shape index (κ1) is 9.93. The topological polar surface area (TPSA) is 43.8 Å². The van der Waals surface area contributed by atoms with Gasteiger partial charge in [-0.1, -0.05) is 30.3 Å². The SMILES string of the molecule is Cn1nccc1C(N)Cc1ccccc1. The Kier molecular flexibility index (Phi) is 2.83. The van der Waals surface area contributed by atoms with Crippen LogP contribution in [0, 0.1) is 0 Å². The molecule has 0 amide bonds. The highest BCUT2D eigenvalue weighted by Crippen LogP contribution is 2.14. The summed E-state index contributed by atoms with van der Waals surface area (Å²) in [4.78, 5) is 0. The van der Waals surface area contributed by atoms with Gasteiger partial charge in [0.2, 0.25) is 0 Å². The highest BCUT2D eigenvalue weighted by molar-refractivity contribution is 5.18. The highest BCUT2D eigenvalue weighted by Gasteiger charge is 2.09. The van der Waals surface area contributed by atoms with Crippen LogP contribution < -0.4 is 5.73 Å². The van der Waals surface area contributed by atoms with E-state index in [2.05, 4.69) is 17.2 Å². The van der Waals surface area contributed by atoms with Crippen molar-refractivity contribution >= 4 is 0 Å². The molecule has 1 aromatic carbocycles. The van der Waals surface area contributed by atoms with E-state index in [4.69, 9.17) is 5.73 Å². The van der Waals surface area contributed by atoms with E-state index in [1.807, 2.05) is 36.0 Å². The van der Waals surface area contributed by atoms with E-state index < -0.39 is 0 Å². The fourth-order valence-electron chi connectivity index (χ4n) is 1.72. The van der Waals surface area contributed by atoms with E-state index in [1.165, 1.54) is 5.56 Å². The minimum absolute atomic E-state index is 0.0138. The molecule has 3 nitrogen and oxygen atoms in total. The van der Waals surface area contributed by atoms with Crippen LogP contribution in [0.5, 0.6) is 0 Å². The second-order valence-corrected chi connectivity index (χ2v) is 3.68. The van der Waals surface area contributed by atoms with Gasteiger partial charge in [-0.3, -0.25) is 4.68 Å². The Hall–Kier alpha value is -1.61. The fourth-order valence-corrected chi connectivity index (χ4v) is 1.72. The lowest BCUT2D eigenvalue weighted by atomic mass is 10.0. The quantitative estimate of drug-likeness (QED) is 0.820. The molecule has 1 aromatic heterocycles. The summed E-state index contributed by atoms with van der Waals surface area (Å²) >= 11 is 0. The van der Waals surface area contributed by atoms with Crippen LogP contribution in [-0.2, 0) is 13.5 Å². The molecule has 0 saturated heterocycles. The molecule has 1 atom stereocenters. The fraction of sp³-hybridized carbons (Fsp3) is 0.250. The molecule has 2 aromatic rings. The summed E-state index contributed by atoms with van der Waals surface area (Å²) < 4.78 is 1.83. The number of hydrogen-bond donors (Lipinski definition) is 1. The van der Waals surface area contributed by atoms with Gasteiger partial charge in [-0.2, -0.15) is 5.10 Å². The lowest BCUT2D eigenvalue weighted by molar-refractivity contribution is 0.617. The molecule has 1 unspecified atom stereocenters. The van der Waals surface area contributed by atoms with Crippen LogP contribution >= 0.6 is 0 Å². The Morgan fingerprint density at radius 3 is 2.60 bits per heavy atom. The van der Waals surface area contributed by atoms with Crippen molar-refractivity contribution in [2.24, 2.45) is 12.8 Å². The monoisotopic (exact) mass is 201 g/mol. The lowest BCUT2D eigenvalue weighted by Gasteiger charge is -2.11. The van der Waals surface area contributed by atoms with Crippen molar-refractivity contribution in [3.8, 4) is 0 Å². The molecule has 78 valence electrons. The van der Waals surface area contributed by atoms with E-state index >= 15 is 0 Å². The van der Waals surface area contributed by atoms with Gasteiger partial charge in [0.15, 0.2) is 0 Å². The maximum atomic E-state index is 6.11. The highest BCUT2D eigenvalue weighted by atomic mass is 15.3. The van der Waals surface area contributed by atoms with Crippen molar-refractivity contribution in [2.75, 3.05) is 0 Å². The van der Waals surface area contributed by atoms with Crippen LogP contribution in [0.3, 0.4) is 0 Å². The van der Waals surface area contributed by atoms with Gasteiger partial charge in [0, 0.05) is 13.2 Å². The molecule has 15 heavy (non-hydrogen) atoms. The molecule has 1 heterocycles. The standard InChI is InChI=1S/C12H15N3/c1-15-12(7-8-14-15)11(13)9-10-5-3-2-4-6-10/h2-8,11H,9,13H2,1H3. The number of aromatic nitrogens is 2. The molecule has 0 aliphatic heterocycles. The zero-order valence-corrected chi connectivity index (χ0v) is 8.80. The van der Waals surface area contributed by atoms with Gasteiger partial charge in [0.1, 0.15) is 0 Å². The number of hydrogen-bond acceptors (Lipinski definition) is 2. The number of benzene rings is 1. The van der Waals surface area contributed by atoms with E-state index in [1.54, 1.807) is 6.20 Å². The van der Waals surface area contributed by atoms with Crippen LogP contribution in [0.15, 0.2) is 42.6 Å². The molecule has 0 aliphatic rings. The molecule has 0 saturated carbocycles. The Morgan fingerprint density at radius 1 is 1.27 bits per heavy atom. The number of aryl methyl sites for hydroxylation is 1. The molecule has 0 radical (unpaired) electrons. The first-order valence-corrected chi connectivity index (χ1v) is 5.05. The summed E-state index contributed by atoms with van der Waals surface area (Å²) in [7, 11) is 1.92. The lowest BCUT2D eigenvalue weighted by Crippen LogP contribution is -2.17. The van der Waals surface area contributed by atoms with Crippen LogP contribution in [0.4, 0.5) is 0 Å². The van der Waals surface area contributed by atoms with Crippen molar-refractivity contribution in [1.82, 2.24) is 9.78 Å². The molecule has 2 rings (SSSR count). The van der Waals surface area contributed by atoms with Crippen molar-refractivity contribution in [2.45, 2.75) is 12.5 Å². The summed E-state index contributed by atoms with van der Waals surface area (Å²) in [6.07, 6.45) is 2.63. The zero-order chi connectivity index (χ0) is 10.7. The van der Waals surface area contributed by atoms with E-state index in [0.717, 1.165) is 12.1 Å². The molecule has 0 fully saturated rings. The van der Waals surface area contributed by atoms with E-state index in [9.17, 15) is 0 Å². The van der Waals surface area contributed by atoms with Gasteiger partial charge in [-0.15, -0.1) is 0 Å². The van der Waals surface area contributed by atoms with Crippen LogP contribution in [0.2, 0.25) is 0 Å². The molecular weight excluding hydrogens is 186 g/mol. The third-order valence-electron chi connectivity index (χ3n) is 2.54. The maximum Gasteiger partial charge on any atom is 0.0551 e. The number of nitrogens with two attached hydrogens (primary N) is 1. The third-order valence-corrected chi connectivity index (χ3v) is 2.54. The zero-order valence-electron chi connectivity index (χ0n) is 8.80. The summed E-state index contributed by atoms with van der Waals surface area (Å²) in [5, 5.41) is 4.12. The van der Waals surface area contributed by atoms with Gasteiger partial charge in [-0.25, -0.2) is 0 Å². The molecule has 0 bridgehead atoms. The summed E-state index contributed by atoms with van der Waals surface area (Å²) in [6.45, 7) is 0. The number of nitrogens with zero attached hydrogens (tertiary/aromatic N) is 2. The smallest absolute Gasteiger partial charge is 0.0551 e. The first-order chi connectivity index (χ1) is 7.27. The Morgan fingerprint density at radius 2 is 2.00 bits per heavy atom. The molecule has 2 N–H and O–H groups in total. The van der Waals surface area contributed by atoms with Gasteiger partial charge >= 0.3 is 0 Å².